The second kappa shape index (κ2) is 6.79. The van der Waals surface area contributed by atoms with Crippen LogP contribution in [0.25, 0.3) is 0 Å². The lowest BCUT2D eigenvalue weighted by atomic mass is 10.1. The summed E-state index contributed by atoms with van der Waals surface area (Å²) in [6, 6.07) is 16.9. The molecule has 5 heteroatoms. The predicted octanol–water partition coefficient (Wildman–Crippen LogP) is 5.03. The van der Waals surface area contributed by atoms with E-state index in [1.54, 1.807) is 17.2 Å². The van der Waals surface area contributed by atoms with Crippen molar-refractivity contribution in [3.05, 3.63) is 88.5 Å². The topological polar surface area (TPSA) is 33.5 Å². The molecule has 0 spiro atoms. The van der Waals surface area contributed by atoms with E-state index in [0.29, 0.717) is 22.3 Å². The summed E-state index contributed by atoms with van der Waals surface area (Å²) in [4.78, 5) is 14.5. The van der Waals surface area contributed by atoms with E-state index >= 15 is 0 Å². The molecule has 0 unspecified atom stereocenters. The average molecular weight is 374 g/mol. The Labute approximate surface area is 141 Å². The van der Waals surface area contributed by atoms with Crippen molar-refractivity contribution >= 4 is 27.5 Å². The smallest absolute Gasteiger partial charge is 0.259 e. The summed E-state index contributed by atoms with van der Waals surface area (Å²) in [7, 11) is 0. The Balaban J connectivity index is 1.98. The molecule has 0 saturated heterocycles. The summed E-state index contributed by atoms with van der Waals surface area (Å²) in [5.74, 6) is 0.0330. The number of furan rings is 1. The highest BCUT2D eigenvalue weighted by molar-refractivity contribution is 9.10. The number of hydrogen-bond acceptors (Lipinski definition) is 2. The van der Waals surface area contributed by atoms with Crippen molar-refractivity contribution in [3.8, 4) is 0 Å². The SMILES string of the molecule is O=C(c1ccc(F)cc1Br)N(Cc1ccco1)c1ccccc1. The highest BCUT2D eigenvalue weighted by Gasteiger charge is 2.21. The molecule has 2 aromatic carbocycles. The average Bonchev–Trinajstić information content (AvgIpc) is 3.06. The zero-order valence-electron chi connectivity index (χ0n) is 12.1. The monoisotopic (exact) mass is 373 g/mol. The molecule has 3 rings (SSSR count). The van der Waals surface area contributed by atoms with Gasteiger partial charge in [0.05, 0.1) is 18.4 Å². The number of halogens is 2. The van der Waals surface area contributed by atoms with Gasteiger partial charge in [-0.15, -0.1) is 0 Å². The van der Waals surface area contributed by atoms with Gasteiger partial charge >= 0.3 is 0 Å². The number of rotatable bonds is 4. The van der Waals surface area contributed by atoms with Crippen LogP contribution in [0.5, 0.6) is 0 Å². The summed E-state index contributed by atoms with van der Waals surface area (Å²) < 4.78 is 19.0. The van der Waals surface area contributed by atoms with E-state index < -0.39 is 5.82 Å². The van der Waals surface area contributed by atoms with Gasteiger partial charge in [-0.2, -0.15) is 0 Å². The molecule has 0 N–H and O–H groups in total. The van der Waals surface area contributed by atoms with E-state index in [1.165, 1.54) is 18.2 Å². The molecule has 1 amide bonds. The molecule has 1 aromatic heterocycles. The van der Waals surface area contributed by atoms with E-state index in [-0.39, 0.29) is 5.91 Å². The van der Waals surface area contributed by atoms with Crippen molar-refractivity contribution in [1.82, 2.24) is 0 Å². The van der Waals surface area contributed by atoms with Crippen LogP contribution in [0.1, 0.15) is 16.1 Å². The van der Waals surface area contributed by atoms with Crippen LogP contribution in [0.3, 0.4) is 0 Å². The van der Waals surface area contributed by atoms with Crippen LogP contribution in [0, 0.1) is 5.82 Å². The second-order valence-corrected chi connectivity index (χ2v) is 5.78. The first-order valence-corrected chi connectivity index (χ1v) is 7.79. The molecule has 3 nitrogen and oxygen atoms in total. The normalized spacial score (nSPS) is 10.5. The van der Waals surface area contributed by atoms with Crippen molar-refractivity contribution in [2.45, 2.75) is 6.54 Å². The van der Waals surface area contributed by atoms with E-state index in [0.717, 1.165) is 5.69 Å². The molecule has 0 saturated carbocycles. The second-order valence-electron chi connectivity index (χ2n) is 4.93. The molecule has 0 fully saturated rings. The Morgan fingerprint density at radius 2 is 1.87 bits per heavy atom. The Hall–Kier alpha value is -2.40. The van der Waals surface area contributed by atoms with Crippen LogP contribution >= 0.6 is 15.9 Å². The summed E-state index contributed by atoms with van der Waals surface area (Å²) in [6.45, 7) is 0.291. The first-order valence-electron chi connectivity index (χ1n) is 6.99. The van der Waals surface area contributed by atoms with Crippen LogP contribution in [0.15, 0.2) is 75.8 Å². The Bertz CT molecular complexity index is 803. The van der Waals surface area contributed by atoms with Crippen molar-refractivity contribution < 1.29 is 13.6 Å². The molecule has 0 radical (unpaired) electrons. The Morgan fingerprint density at radius 1 is 1.09 bits per heavy atom. The number of para-hydroxylation sites is 1. The largest absolute Gasteiger partial charge is 0.467 e. The van der Waals surface area contributed by atoms with Gasteiger partial charge in [0.25, 0.3) is 5.91 Å². The van der Waals surface area contributed by atoms with Gasteiger partial charge in [-0.25, -0.2) is 4.39 Å². The van der Waals surface area contributed by atoms with Gasteiger partial charge in [-0.3, -0.25) is 4.79 Å². The first kappa shape index (κ1) is 15.5. The minimum absolute atomic E-state index is 0.237. The van der Waals surface area contributed by atoms with Crippen LogP contribution in [0.2, 0.25) is 0 Å². The highest BCUT2D eigenvalue weighted by Crippen LogP contribution is 2.24. The van der Waals surface area contributed by atoms with E-state index in [1.807, 2.05) is 36.4 Å². The maximum absolute atomic E-state index is 13.3. The lowest BCUT2D eigenvalue weighted by Gasteiger charge is -2.22. The molecule has 23 heavy (non-hydrogen) atoms. The minimum Gasteiger partial charge on any atom is -0.467 e. The summed E-state index contributed by atoms with van der Waals surface area (Å²) in [5.41, 5.74) is 1.13. The number of benzene rings is 2. The van der Waals surface area contributed by atoms with Gasteiger partial charge in [0, 0.05) is 10.2 Å². The summed E-state index contributed by atoms with van der Waals surface area (Å²) in [5, 5.41) is 0. The lowest BCUT2D eigenvalue weighted by Crippen LogP contribution is -2.30. The van der Waals surface area contributed by atoms with Crippen molar-refractivity contribution in [2.75, 3.05) is 4.90 Å². The zero-order valence-corrected chi connectivity index (χ0v) is 13.7. The third-order valence-electron chi connectivity index (χ3n) is 3.37. The molecule has 1 heterocycles. The molecule has 0 aliphatic carbocycles. The molecule has 116 valence electrons. The highest BCUT2D eigenvalue weighted by atomic mass is 79.9. The van der Waals surface area contributed by atoms with Crippen molar-refractivity contribution in [3.63, 3.8) is 0 Å². The third kappa shape index (κ3) is 3.51. The van der Waals surface area contributed by atoms with Gasteiger partial charge < -0.3 is 9.32 Å². The molecule has 0 bridgehead atoms. The Morgan fingerprint density at radius 3 is 2.52 bits per heavy atom. The minimum atomic E-state index is -0.397. The van der Waals surface area contributed by atoms with Gasteiger partial charge in [0.2, 0.25) is 0 Å². The van der Waals surface area contributed by atoms with Crippen LogP contribution in [-0.2, 0) is 6.54 Å². The number of hydrogen-bond donors (Lipinski definition) is 0. The van der Waals surface area contributed by atoms with Crippen molar-refractivity contribution in [2.24, 2.45) is 0 Å². The van der Waals surface area contributed by atoms with Crippen LogP contribution in [-0.4, -0.2) is 5.91 Å². The maximum atomic E-state index is 13.3. The van der Waals surface area contributed by atoms with Gasteiger partial charge in [-0.1, -0.05) is 18.2 Å². The van der Waals surface area contributed by atoms with Crippen LogP contribution < -0.4 is 4.90 Å². The first-order chi connectivity index (χ1) is 11.1. The van der Waals surface area contributed by atoms with Crippen LogP contribution in [0.4, 0.5) is 10.1 Å². The fourth-order valence-electron chi connectivity index (χ4n) is 2.25. The molecule has 3 aromatic rings. The maximum Gasteiger partial charge on any atom is 0.259 e. The number of nitrogens with zero attached hydrogens (tertiary/aromatic N) is 1. The fraction of sp³-hybridized carbons (Fsp3) is 0.0556. The Kier molecular flexibility index (Phi) is 4.57. The van der Waals surface area contributed by atoms with Crippen molar-refractivity contribution in [1.29, 1.82) is 0 Å². The number of amides is 1. The van der Waals surface area contributed by atoms with Gasteiger partial charge in [-0.05, 0) is 58.4 Å². The molecule has 0 aliphatic rings. The summed E-state index contributed by atoms with van der Waals surface area (Å²) >= 11 is 3.26. The number of carbonyl (C=O) groups excluding carboxylic acids is 1. The van der Waals surface area contributed by atoms with Gasteiger partial charge in [0.1, 0.15) is 11.6 Å². The van der Waals surface area contributed by atoms with E-state index in [2.05, 4.69) is 15.9 Å². The number of carbonyl (C=O) groups is 1. The van der Waals surface area contributed by atoms with Gasteiger partial charge in [0.15, 0.2) is 0 Å². The quantitative estimate of drug-likeness (QED) is 0.642. The molecule has 0 atom stereocenters. The molecular weight excluding hydrogens is 361 g/mol. The zero-order chi connectivity index (χ0) is 16.2. The third-order valence-corrected chi connectivity index (χ3v) is 4.02. The molecular formula is C18H13BrFNO2. The predicted molar refractivity (Wildman–Crippen MR) is 89.8 cm³/mol. The standard InChI is InChI=1S/C18H13BrFNO2/c19-17-11-13(20)8-9-16(17)18(22)21(12-15-7-4-10-23-15)14-5-2-1-3-6-14/h1-11H,12H2. The number of anilines is 1. The van der Waals surface area contributed by atoms with E-state index in [4.69, 9.17) is 4.42 Å². The summed E-state index contributed by atoms with van der Waals surface area (Å²) in [6.07, 6.45) is 1.57. The molecule has 0 aliphatic heterocycles. The fourth-order valence-corrected chi connectivity index (χ4v) is 2.78. The van der Waals surface area contributed by atoms with E-state index in [9.17, 15) is 9.18 Å². The lowest BCUT2D eigenvalue weighted by molar-refractivity contribution is 0.0982.